The highest BCUT2D eigenvalue weighted by Gasteiger charge is 2.22. The van der Waals surface area contributed by atoms with E-state index in [0.29, 0.717) is 5.75 Å². The third-order valence-electron chi connectivity index (χ3n) is 2.57. The van der Waals surface area contributed by atoms with E-state index in [-0.39, 0.29) is 6.61 Å². The number of hydrogen-bond acceptors (Lipinski definition) is 3. The van der Waals surface area contributed by atoms with Crippen molar-refractivity contribution in [2.45, 2.75) is 34.1 Å². The molecule has 1 aromatic carbocycles. The van der Waals surface area contributed by atoms with Crippen LogP contribution in [-0.4, -0.2) is 18.9 Å². The first-order chi connectivity index (χ1) is 7.97. The Morgan fingerprint density at radius 3 is 2.47 bits per heavy atom. The fourth-order valence-electron chi connectivity index (χ4n) is 1.47. The summed E-state index contributed by atoms with van der Waals surface area (Å²) in [4.78, 5) is 11.1. The van der Waals surface area contributed by atoms with E-state index >= 15 is 0 Å². The van der Waals surface area contributed by atoms with Crippen LogP contribution in [0.1, 0.15) is 23.6 Å². The van der Waals surface area contributed by atoms with Gasteiger partial charge in [0.05, 0.1) is 6.61 Å². The molecule has 1 unspecified atom stereocenters. The highest BCUT2D eigenvalue weighted by molar-refractivity contribution is 5.73. The Labute approximate surface area is 101 Å². The van der Waals surface area contributed by atoms with Crippen LogP contribution in [0, 0.1) is 20.8 Å². The van der Waals surface area contributed by atoms with Gasteiger partial charge in [-0.05, 0) is 44.4 Å². The van der Waals surface area contributed by atoms with Crippen molar-refractivity contribution in [3.63, 3.8) is 0 Å². The topological polar surface area (TPSA) is 35.5 Å². The standard InChI is InChI=1S/C13H17FO3/c1-5-16-13(15)12(14)17-11-9(3)7-6-8(2)10(11)4/h6-7,12H,5H2,1-4H3. The largest absolute Gasteiger partial charge is 0.461 e. The van der Waals surface area contributed by atoms with Gasteiger partial charge in [0.25, 0.3) is 0 Å². The molecule has 0 amide bonds. The summed E-state index contributed by atoms with van der Waals surface area (Å²) in [5.41, 5.74) is 2.61. The van der Waals surface area contributed by atoms with Crippen LogP contribution in [0.4, 0.5) is 4.39 Å². The van der Waals surface area contributed by atoms with Gasteiger partial charge in [0.1, 0.15) is 5.75 Å². The molecule has 1 aromatic rings. The molecule has 94 valence electrons. The summed E-state index contributed by atoms with van der Waals surface area (Å²) in [6.07, 6.45) is -2.07. The van der Waals surface area contributed by atoms with Crippen LogP contribution in [0.25, 0.3) is 0 Å². The van der Waals surface area contributed by atoms with Gasteiger partial charge < -0.3 is 9.47 Å². The second kappa shape index (κ2) is 5.66. The van der Waals surface area contributed by atoms with Gasteiger partial charge in [0.2, 0.25) is 0 Å². The summed E-state index contributed by atoms with van der Waals surface area (Å²) in [6.45, 7) is 7.29. The first-order valence-corrected chi connectivity index (χ1v) is 5.51. The molecule has 0 saturated heterocycles. The van der Waals surface area contributed by atoms with Crippen molar-refractivity contribution in [2.75, 3.05) is 6.61 Å². The Hall–Kier alpha value is -1.58. The average molecular weight is 240 g/mol. The predicted octanol–water partition coefficient (Wildman–Crippen LogP) is 2.85. The number of ether oxygens (including phenoxy) is 2. The van der Waals surface area contributed by atoms with E-state index in [2.05, 4.69) is 4.74 Å². The minimum atomic E-state index is -2.07. The molecule has 17 heavy (non-hydrogen) atoms. The summed E-state index contributed by atoms with van der Waals surface area (Å²) in [6, 6.07) is 3.75. The van der Waals surface area contributed by atoms with Crippen LogP contribution in [-0.2, 0) is 9.53 Å². The van der Waals surface area contributed by atoms with Gasteiger partial charge in [-0.2, -0.15) is 4.39 Å². The van der Waals surface area contributed by atoms with Crippen molar-refractivity contribution in [3.05, 3.63) is 28.8 Å². The van der Waals surface area contributed by atoms with E-state index in [1.165, 1.54) is 0 Å². The number of carbonyl (C=O) groups is 1. The molecule has 3 nitrogen and oxygen atoms in total. The van der Waals surface area contributed by atoms with E-state index in [9.17, 15) is 9.18 Å². The summed E-state index contributed by atoms with van der Waals surface area (Å²) in [7, 11) is 0. The van der Waals surface area contributed by atoms with E-state index in [0.717, 1.165) is 16.7 Å². The lowest BCUT2D eigenvalue weighted by Gasteiger charge is -2.15. The molecule has 0 aliphatic carbocycles. The van der Waals surface area contributed by atoms with E-state index < -0.39 is 12.3 Å². The van der Waals surface area contributed by atoms with Gasteiger partial charge in [-0.15, -0.1) is 0 Å². The van der Waals surface area contributed by atoms with Crippen LogP contribution in [0.5, 0.6) is 5.75 Å². The Kier molecular flexibility index (Phi) is 4.49. The van der Waals surface area contributed by atoms with Crippen molar-refractivity contribution in [3.8, 4) is 5.75 Å². The van der Waals surface area contributed by atoms with E-state index in [1.807, 2.05) is 26.0 Å². The zero-order chi connectivity index (χ0) is 13.0. The van der Waals surface area contributed by atoms with Crippen LogP contribution < -0.4 is 4.74 Å². The minimum absolute atomic E-state index is 0.133. The van der Waals surface area contributed by atoms with Crippen LogP contribution in [0.3, 0.4) is 0 Å². The average Bonchev–Trinajstić information content (AvgIpc) is 2.29. The number of aryl methyl sites for hydroxylation is 2. The molecule has 0 fully saturated rings. The van der Waals surface area contributed by atoms with Crippen molar-refractivity contribution in [1.29, 1.82) is 0 Å². The number of benzene rings is 1. The zero-order valence-electron chi connectivity index (χ0n) is 10.5. The Bertz CT molecular complexity index is 415. The molecule has 1 rings (SSSR count). The van der Waals surface area contributed by atoms with Gasteiger partial charge in [-0.3, -0.25) is 0 Å². The molecular formula is C13H17FO3. The first-order valence-electron chi connectivity index (χ1n) is 5.51. The van der Waals surface area contributed by atoms with E-state index in [1.54, 1.807) is 13.8 Å². The lowest BCUT2D eigenvalue weighted by molar-refractivity contribution is -0.159. The smallest absolute Gasteiger partial charge is 0.381 e. The highest BCUT2D eigenvalue weighted by atomic mass is 19.1. The van der Waals surface area contributed by atoms with Crippen LogP contribution in [0.2, 0.25) is 0 Å². The normalized spacial score (nSPS) is 12.1. The molecule has 0 saturated carbocycles. The summed E-state index contributed by atoms with van der Waals surface area (Å²) in [5.74, 6) is -0.585. The SMILES string of the molecule is CCOC(=O)C(F)Oc1c(C)ccc(C)c1C. The molecule has 0 aliphatic heterocycles. The molecule has 0 N–H and O–H groups in total. The molecule has 0 spiro atoms. The van der Waals surface area contributed by atoms with Crippen LogP contribution >= 0.6 is 0 Å². The maximum absolute atomic E-state index is 13.5. The number of carbonyl (C=O) groups excluding carboxylic acids is 1. The molecule has 0 radical (unpaired) electrons. The second-order valence-corrected chi connectivity index (χ2v) is 3.84. The number of rotatable bonds is 4. The van der Waals surface area contributed by atoms with Gasteiger partial charge in [0, 0.05) is 0 Å². The lowest BCUT2D eigenvalue weighted by Crippen LogP contribution is -2.25. The van der Waals surface area contributed by atoms with Gasteiger partial charge in [-0.25, -0.2) is 4.79 Å². The maximum Gasteiger partial charge on any atom is 0.381 e. The third kappa shape index (κ3) is 3.19. The number of esters is 1. The quantitative estimate of drug-likeness (QED) is 0.759. The Morgan fingerprint density at radius 2 is 1.88 bits per heavy atom. The summed E-state index contributed by atoms with van der Waals surface area (Å²) < 4.78 is 23.0. The zero-order valence-corrected chi connectivity index (χ0v) is 10.5. The van der Waals surface area contributed by atoms with Crippen LogP contribution in [0.15, 0.2) is 12.1 Å². The highest BCUT2D eigenvalue weighted by Crippen LogP contribution is 2.27. The Morgan fingerprint density at radius 1 is 1.29 bits per heavy atom. The molecule has 1 atom stereocenters. The van der Waals surface area contributed by atoms with Gasteiger partial charge in [-0.1, -0.05) is 12.1 Å². The summed E-state index contributed by atoms with van der Waals surface area (Å²) >= 11 is 0. The molecular weight excluding hydrogens is 223 g/mol. The Balaban J connectivity index is 2.88. The van der Waals surface area contributed by atoms with E-state index in [4.69, 9.17) is 4.74 Å². The van der Waals surface area contributed by atoms with Crippen molar-refractivity contribution in [1.82, 2.24) is 0 Å². The monoisotopic (exact) mass is 240 g/mol. The maximum atomic E-state index is 13.5. The van der Waals surface area contributed by atoms with Gasteiger partial charge >= 0.3 is 12.3 Å². The van der Waals surface area contributed by atoms with Crippen molar-refractivity contribution >= 4 is 5.97 Å². The van der Waals surface area contributed by atoms with Crippen molar-refractivity contribution in [2.24, 2.45) is 0 Å². The third-order valence-corrected chi connectivity index (χ3v) is 2.57. The number of hydrogen-bond donors (Lipinski definition) is 0. The van der Waals surface area contributed by atoms with Crippen molar-refractivity contribution < 1.29 is 18.7 Å². The lowest BCUT2D eigenvalue weighted by atomic mass is 10.1. The molecule has 0 bridgehead atoms. The minimum Gasteiger partial charge on any atom is -0.461 e. The summed E-state index contributed by atoms with van der Waals surface area (Å²) in [5, 5.41) is 0. The predicted molar refractivity (Wildman–Crippen MR) is 62.8 cm³/mol. The molecule has 0 heterocycles. The molecule has 0 aliphatic rings. The number of alkyl halides is 1. The first kappa shape index (κ1) is 13.5. The number of halogens is 1. The fourth-order valence-corrected chi connectivity index (χ4v) is 1.47. The molecule has 4 heteroatoms. The van der Waals surface area contributed by atoms with Gasteiger partial charge in [0.15, 0.2) is 0 Å². The second-order valence-electron chi connectivity index (χ2n) is 3.84. The molecule has 0 aromatic heterocycles. The fraction of sp³-hybridized carbons (Fsp3) is 0.462.